The van der Waals surface area contributed by atoms with Crippen LogP contribution in [0.1, 0.15) is 20.3 Å². The van der Waals surface area contributed by atoms with Crippen LogP contribution in [-0.2, 0) is 4.79 Å². The summed E-state index contributed by atoms with van der Waals surface area (Å²) in [7, 11) is 0. The van der Waals surface area contributed by atoms with Gasteiger partial charge in [-0.3, -0.25) is 19.9 Å². The van der Waals surface area contributed by atoms with E-state index in [1.165, 1.54) is 0 Å². The highest BCUT2D eigenvalue weighted by Gasteiger charge is 2.17. The lowest BCUT2D eigenvalue weighted by Gasteiger charge is -2.08. The van der Waals surface area contributed by atoms with Crippen LogP contribution in [0.15, 0.2) is 59.8 Å². The Balaban J connectivity index is 1.38. The molecule has 178 valence electrons. The van der Waals surface area contributed by atoms with Gasteiger partial charge in [0.15, 0.2) is 11.5 Å². The molecule has 36 heavy (non-hydrogen) atoms. The summed E-state index contributed by atoms with van der Waals surface area (Å²) in [5.74, 6) is 0.851. The molecule has 6 aromatic heterocycles. The molecule has 6 aromatic rings. The first-order chi connectivity index (χ1) is 17.5. The number of amides is 1. The van der Waals surface area contributed by atoms with E-state index in [1.54, 1.807) is 29.9 Å². The monoisotopic (exact) mass is 494 g/mol. The molecule has 0 aliphatic heterocycles. The number of hydrogen-bond acceptors (Lipinski definition) is 7. The molecule has 0 radical (unpaired) electrons. The lowest BCUT2D eigenvalue weighted by molar-refractivity contribution is -0.116. The van der Waals surface area contributed by atoms with Crippen molar-refractivity contribution in [3.63, 3.8) is 0 Å². The Morgan fingerprint density at radius 1 is 1.00 bits per heavy atom. The molecule has 0 aliphatic rings. The normalized spacial score (nSPS) is 11.5. The van der Waals surface area contributed by atoms with E-state index in [1.807, 2.05) is 43.6 Å². The van der Waals surface area contributed by atoms with Gasteiger partial charge in [-0.2, -0.15) is 16.4 Å². The van der Waals surface area contributed by atoms with Crippen LogP contribution in [0.3, 0.4) is 0 Å². The third-order valence-corrected chi connectivity index (χ3v) is 6.45. The van der Waals surface area contributed by atoms with E-state index in [0.717, 1.165) is 33.2 Å². The molecule has 0 bridgehead atoms. The Hall–Kier alpha value is -4.44. The van der Waals surface area contributed by atoms with E-state index < -0.39 is 0 Å². The number of carbonyl (C=O) groups excluding carboxylic acids is 1. The zero-order chi connectivity index (χ0) is 24.6. The Bertz CT molecular complexity index is 1700. The summed E-state index contributed by atoms with van der Waals surface area (Å²) in [6, 6.07) is 7.76. The van der Waals surface area contributed by atoms with Gasteiger partial charge in [0.1, 0.15) is 11.0 Å². The number of aromatic amines is 2. The quantitative estimate of drug-likeness (QED) is 0.274. The molecule has 0 saturated carbocycles. The predicted octanol–water partition coefficient (Wildman–Crippen LogP) is 5.67. The summed E-state index contributed by atoms with van der Waals surface area (Å²) < 4.78 is 0. The van der Waals surface area contributed by atoms with Crippen LogP contribution in [0.4, 0.5) is 5.69 Å². The zero-order valence-electron chi connectivity index (χ0n) is 19.6. The van der Waals surface area contributed by atoms with Crippen LogP contribution in [0.5, 0.6) is 0 Å². The number of rotatable bonds is 6. The first-order valence-corrected chi connectivity index (χ1v) is 12.5. The number of nitrogens with one attached hydrogen (secondary N) is 3. The minimum absolute atomic E-state index is 0.0364. The molecule has 3 N–H and O–H groups in total. The smallest absolute Gasteiger partial charge is 0.224 e. The number of pyridine rings is 3. The minimum atomic E-state index is -0.0364. The van der Waals surface area contributed by atoms with Gasteiger partial charge in [-0.15, -0.1) is 0 Å². The lowest BCUT2D eigenvalue weighted by atomic mass is 10.1. The van der Waals surface area contributed by atoms with Gasteiger partial charge in [0, 0.05) is 29.9 Å². The Morgan fingerprint density at radius 2 is 1.89 bits per heavy atom. The van der Waals surface area contributed by atoms with Crippen molar-refractivity contribution < 1.29 is 4.79 Å². The summed E-state index contributed by atoms with van der Waals surface area (Å²) in [5.41, 5.74) is 7.95. The molecule has 0 aromatic carbocycles. The van der Waals surface area contributed by atoms with Gasteiger partial charge in [0.25, 0.3) is 0 Å². The van der Waals surface area contributed by atoms with Crippen molar-refractivity contribution >= 4 is 45.0 Å². The Kier molecular flexibility index (Phi) is 5.49. The van der Waals surface area contributed by atoms with Crippen LogP contribution in [0.25, 0.3) is 56.0 Å². The molecule has 0 spiro atoms. The molecule has 0 atom stereocenters. The molecule has 10 heteroatoms. The second-order valence-electron chi connectivity index (χ2n) is 8.95. The van der Waals surface area contributed by atoms with Crippen molar-refractivity contribution in [1.82, 2.24) is 35.1 Å². The average Bonchev–Trinajstić information content (AvgIpc) is 3.62. The maximum atomic E-state index is 12.2. The summed E-state index contributed by atoms with van der Waals surface area (Å²) >= 11 is 1.63. The van der Waals surface area contributed by atoms with Crippen LogP contribution < -0.4 is 5.32 Å². The number of thiophene rings is 1. The number of carbonyl (C=O) groups is 1. The highest BCUT2D eigenvalue weighted by molar-refractivity contribution is 7.08. The molecule has 1 amide bonds. The molecule has 0 fully saturated rings. The SMILES string of the molecule is CC(C)CC(=O)Nc1cncc(-c2ccc3[nH]nc(-c4nc5c(-c6ccsc6)cncc5[nH]4)c3n2)c1. The number of nitrogens with zero attached hydrogens (tertiary/aromatic N) is 5. The standard InChI is InChI=1S/C26H22N8OS/c1-14(2)7-22(35)29-17-8-16(9-27-10-17)19-3-4-20-24(30-19)25(34-33-20)26-31-21-12-28-11-18(23(21)32-26)15-5-6-36-13-15/h3-6,8-14H,7H2,1-2H3,(H,29,35)(H,31,32)(H,33,34). The Morgan fingerprint density at radius 3 is 2.72 bits per heavy atom. The van der Waals surface area contributed by atoms with Crippen molar-refractivity contribution in [2.75, 3.05) is 5.32 Å². The maximum Gasteiger partial charge on any atom is 0.224 e. The topological polar surface area (TPSA) is 125 Å². The zero-order valence-corrected chi connectivity index (χ0v) is 20.4. The molecule has 9 nitrogen and oxygen atoms in total. The first-order valence-electron chi connectivity index (χ1n) is 11.5. The number of fused-ring (bicyclic) bond motifs is 2. The molecule has 0 aliphatic carbocycles. The number of aromatic nitrogens is 7. The summed E-state index contributed by atoms with van der Waals surface area (Å²) in [6.45, 7) is 4.02. The van der Waals surface area contributed by atoms with E-state index in [0.29, 0.717) is 34.8 Å². The third kappa shape index (κ3) is 4.11. The van der Waals surface area contributed by atoms with Gasteiger partial charge in [0.05, 0.1) is 34.8 Å². The molecule has 0 saturated heterocycles. The molecule has 6 rings (SSSR count). The highest BCUT2D eigenvalue weighted by Crippen LogP contribution is 2.32. The summed E-state index contributed by atoms with van der Waals surface area (Å²) in [5, 5.41) is 14.6. The number of H-pyrrole nitrogens is 2. The lowest BCUT2D eigenvalue weighted by Crippen LogP contribution is -2.14. The van der Waals surface area contributed by atoms with Gasteiger partial charge in [-0.05, 0) is 46.5 Å². The summed E-state index contributed by atoms with van der Waals surface area (Å²) in [4.78, 5) is 34.0. The van der Waals surface area contributed by atoms with Crippen LogP contribution in [0.2, 0.25) is 0 Å². The molecule has 0 unspecified atom stereocenters. The largest absolute Gasteiger partial charge is 0.335 e. The number of imidazole rings is 1. The van der Waals surface area contributed by atoms with Gasteiger partial charge in [0.2, 0.25) is 5.91 Å². The van der Waals surface area contributed by atoms with Crippen molar-refractivity contribution in [1.29, 1.82) is 0 Å². The van der Waals surface area contributed by atoms with E-state index in [4.69, 9.17) is 9.97 Å². The van der Waals surface area contributed by atoms with E-state index in [9.17, 15) is 4.79 Å². The van der Waals surface area contributed by atoms with Gasteiger partial charge >= 0.3 is 0 Å². The highest BCUT2D eigenvalue weighted by atomic mass is 32.1. The van der Waals surface area contributed by atoms with Crippen molar-refractivity contribution in [3.05, 3.63) is 59.8 Å². The first kappa shape index (κ1) is 22.1. The van der Waals surface area contributed by atoms with E-state index in [-0.39, 0.29) is 11.8 Å². The minimum Gasteiger partial charge on any atom is -0.335 e. The maximum absolute atomic E-state index is 12.2. The fourth-order valence-corrected chi connectivity index (χ4v) is 4.79. The van der Waals surface area contributed by atoms with Crippen molar-refractivity contribution in [3.8, 4) is 33.9 Å². The second kappa shape index (κ2) is 8.97. The predicted molar refractivity (Wildman–Crippen MR) is 141 cm³/mol. The molecular weight excluding hydrogens is 472 g/mol. The van der Waals surface area contributed by atoms with Crippen LogP contribution >= 0.6 is 11.3 Å². The average molecular weight is 495 g/mol. The van der Waals surface area contributed by atoms with Crippen LogP contribution in [-0.4, -0.2) is 41.0 Å². The van der Waals surface area contributed by atoms with Crippen LogP contribution in [0, 0.1) is 5.92 Å². The number of anilines is 1. The van der Waals surface area contributed by atoms with Gasteiger partial charge in [-0.1, -0.05) is 13.8 Å². The molecule has 6 heterocycles. The number of hydrogen-bond donors (Lipinski definition) is 3. The van der Waals surface area contributed by atoms with E-state index in [2.05, 4.69) is 41.9 Å². The summed E-state index contributed by atoms with van der Waals surface area (Å²) in [6.07, 6.45) is 7.41. The van der Waals surface area contributed by atoms with E-state index >= 15 is 0 Å². The molecular formula is C26H22N8OS. The Labute approximate surface area is 210 Å². The fourth-order valence-electron chi connectivity index (χ4n) is 4.13. The van der Waals surface area contributed by atoms with Crippen molar-refractivity contribution in [2.45, 2.75) is 20.3 Å². The second-order valence-corrected chi connectivity index (χ2v) is 9.73. The van der Waals surface area contributed by atoms with Crippen molar-refractivity contribution in [2.24, 2.45) is 5.92 Å². The van der Waals surface area contributed by atoms with Gasteiger partial charge in [-0.25, -0.2) is 9.97 Å². The fraction of sp³-hybridized carbons (Fsp3) is 0.154. The van der Waals surface area contributed by atoms with Gasteiger partial charge < -0.3 is 10.3 Å². The third-order valence-electron chi connectivity index (χ3n) is 5.77.